The Morgan fingerprint density at radius 2 is 2.16 bits per heavy atom. The van der Waals surface area contributed by atoms with Crippen molar-refractivity contribution < 1.29 is 18.7 Å². The molecule has 1 aliphatic carbocycles. The van der Waals surface area contributed by atoms with E-state index < -0.39 is 6.09 Å². The van der Waals surface area contributed by atoms with E-state index in [2.05, 4.69) is 10.1 Å². The summed E-state index contributed by atoms with van der Waals surface area (Å²) in [4.78, 5) is 22.1. The molecule has 2 rings (SSSR count). The summed E-state index contributed by atoms with van der Waals surface area (Å²) in [5.74, 6) is -0.690. The molecule has 1 aromatic carbocycles. The molecule has 0 spiro atoms. The topological polar surface area (TPSA) is 81.4 Å². The number of carbonyl (C=O) groups excluding carboxylic acids is 2. The van der Waals surface area contributed by atoms with Crippen LogP contribution in [-0.4, -0.2) is 25.2 Å². The van der Waals surface area contributed by atoms with Crippen molar-refractivity contribution in [2.45, 2.75) is 12.3 Å². The van der Waals surface area contributed by atoms with Crippen LogP contribution in [0.15, 0.2) is 24.3 Å². The van der Waals surface area contributed by atoms with Crippen molar-refractivity contribution in [3.63, 3.8) is 0 Å². The molecule has 1 saturated carbocycles. The van der Waals surface area contributed by atoms with Gasteiger partial charge in [0.05, 0.1) is 6.54 Å². The molecule has 1 aliphatic rings. The van der Waals surface area contributed by atoms with Crippen LogP contribution in [0, 0.1) is 11.7 Å². The van der Waals surface area contributed by atoms with Gasteiger partial charge in [-0.25, -0.2) is 9.18 Å². The number of primary amides is 1. The van der Waals surface area contributed by atoms with E-state index in [0.717, 1.165) is 0 Å². The summed E-state index contributed by atoms with van der Waals surface area (Å²) < 4.78 is 18.0. The second kappa shape index (κ2) is 5.69. The summed E-state index contributed by atoms with van der Waals surface area (Å²) in [5.41, 5.74) is 5.36. The molecule has 19 heavy (non-hydrogen) atoms. The Morgan fingerprint density at radius 1 is 1.42 bits per heavy atom. The summed E-state index contributed by atoms with van der Waals surface area (Å²) in [6, 6.07) is 6.47. The molecule has 1 fully saturated rings. The number of benzene rings is 1. The van der Waals surface area contributed by atoms with Gasteiger partial charge in [-0.3, -0.25) is 4.79 Å². The monoisotopic (exact) mass is 266 g/mol. The van der Waals surface area contributed by atoms with E-state index in [1.165, 1.54) is 6.07 Å². The third kappa shape index (κ3) is 3.43. The van der Waals surface area contributed by atoms with Crippen LogP contribution in [0.25, 0.3) is 0 Å². The number of carbonyl (C=O) groups is 2. The molecule has 0 aliphatic heterocycles. The number of rotatable bonds is 5. The van der Waals surface area contributed by atoms with Crippen molar-refractivity contribution in [3.8, 4) is 0 Å². The van der Waals surface area contributed by atoms with E-state index in [-0.39, 0.29) is 36.7 Å². The van der Waals surface area contributed by atoms with Crippen molar-refractivity contribution in [3.05, 3.63) is 35.6 Å². The highest BCUT2D eigenvalue weighted by Gasteiger charge is 2.44. The Kier molecular flexibility index (Phi) is 3.99. The molecule has 0 unspecified atom stereocenters. The van der Waals surface area contributed by atoms with Gasteiger partial charge >= 0.3 is 6.09 Å². The lowest BCUT2D eigenvalue weighted by molar-refractivity contribution is -0.122. The lowest BCUT2D eigenvalue weighted by atomic mass is 10.1. The minimum Gasteiger partial charge on any atom is -0.448 e. The predicted molar refractivity (Wildman–Crippen MR) is 65.8 cm³/mol. The van der Waals surface area contributed by atoms with Crippen LogP contribution >= 0.6 is 0 Å². The lowest BCUT2D eigenvalue weighted by Gasteiger charge is -2.05. The molecule has 0 bridgehead atoms. The van der Waals surface area contributed by atoms with Crippen molar-refractivity contribution in [1.29, 1.82) is 0 Å². The Hall–Kier alpha value is -2.11. The number of amides is 2. The summed E-state index contributed by atoms with van der Waals surface area (Å²) in [7, 11) is 0. The van der Waals surface area contributed by atoms with Crippen LogP contribution in [0.4, 0.5) is 9.18 Å². The van der Waals surface area contributed by atoms with Gasteiger partial charge in [0.25, 0.3) is 0 Å². The third-order valence-electron chi connectivity index (χ3n) is 3.08. The van der Waals surface area contributed by atoms with Crippen molar-refractivity contribution >= 4 is 12.0 Å². The van der Waals surface area contributed by atoms with Gasteiger partial charge in [-0.15, -0.1) is 0 Å². The second-order valence-corrected chi connectivity index (χ2v) is 4.43. The number of nitrogens with one attached hydrogen (secondary N) is 1. The van der Waals surface area contributed by atoms with Crippen LogP contribution in [0.3, 0.4) is 0 Å². The molecule has 102 valence electrons. The van der Waals surface area contributed by atoms with Gasteiger partial charge in [-0.1, -0.05) is 18.2 Å². The normalized spacial score (nSPS) is 20.7. The fraction of sp³-hybridized carbons (Fsp3) is 0.385. The first kappa shape index (κ1) is 13.3. The van der Waals surface area contributed by atoms with E-state index in [1.54, 1.807) is 18.2 Å². The second-order valence-electron chi connectivity index (χ2n) is 4.43. The highest BCUT2D eigenvalue weighted by molar-refractivity contribution is 5.82. The van der Waals surface area contributed by atoms with Crippen molar-refractivity contribution in [2.24, 2.45) is 11.7 Å². The average Bonchev–Trinajstić information content (AvgIpc) is 3.15. The van der Waals surface area contributed by atoms with Crippen molar-refractivity contribution in [2.75, 3.05) is 13.2 Å². The molecule has 0 saturated heterocycles. The zero-order valence-electron chi connectivity index (χ0n) is 10.3. The Bertz CT molecular complexity index is 493. The Labute approximate surface area is 109 Å². The molecule has 0 radical (unpaired) electrons. The Balaban J connectivity index is 1.78. The highest BCUT2D eigenvalue weighted by atomic mass is 19.1. The zero-order chi connectivity index (χ0) is 13.8. The van der Waals surface area contributed by atoms with Crippen LogP contribution in [-0.2, 0) is 9.53 Å². The highest BCUT2D eigenvalue weighted by Crippen LogP contribution is 2.48. The summed E-state index contributed by atoms with van der Waals surface area (Å²) in [5, 5.41) is 2.63. The summed E-state index contributed by atoms with van der Waals surface area (Å²) >= 11 is 0. The van der Waals surface area contributed by atoms with E-state index >= 15 is 0 Å². The predicted octanol–water partition coefficient (Wildman–Crippen LogP) is 1.14. The van der Waals surface area contributed by atoms with Gasteiger partial charge in [0.1, 0.15) is 12.4 Å². The number of halogens is 1. The largest absolute Gasteiger partial charge is 0.448 e. The minimum atomic E-state index is -0.870. The van der Waals surface area contributed by atoms with E-state index in [1.807, 2.05) is 0 Å². The molecular weight excluding hydrogens is 251 g/mol. The number of ether oxygens (including phenoxy) is 1. The maximum atomic E-state index is 13.5. The lowest BCUT2D eigenvalue weighted by Crippen LogP contribution is -2.30. The number of hydrogen-bond donors (Lipinski definition) is 2. The van der Waals surface area contributed by atoms with Gasteiger partial charge in [-0.2, -0.15) is 0 Å². The fourth-order valence-electron chi connectivity index (χ4n) is 2.06. The number of hydrogen-bond acceptors (Lipinski definition) is 3. The Morgan fingerprint density at radius 3 is 2.84 bits per heavy atom. The first-order valence-corrected chi connectivity index (χ1v) is 6.04. The van der Waals surface area contributed by atoms with E-state index in [9.17, 15) is 14.0 Å². The average molecular weight is 266 g/mol. The smallest absolute Gasteiger partial charge is 0.404 e. The molecule has 0 aromatic heterocycles. The van der Waals surface area contributed by atoms with Gasteiger partial charge in [0.2, 0.25) is 5.91 Å². The van der Waals surface area contributed by atoms with Crippen LogP contribution in [0.1, 0.15) is 17.9 Å². The van der Waals surface area contributed by atoms with E-state index in [4.69, 9.17) is 5.73 Å². The quantitative estimate of drug-likeness (QED) is 0.784. The number of nitrogens with two attached hydrogens (primary N) is 1. The van der Waals surface area contributed by atoms with E-state index in [0.29, 0.717) is 12.0 Å². The molecule has 1 aromatic rings. The van der Waals surface area contributed by atoms with Gasteiger partial charge in [0.15, 0.2) is 0 Å². The molecule has 2 atom stereocenters. The van der Waals surface area contributed by atoms with Crippen LogP contribution in [0.2, 0.25) is 0 Å². The minimum absolute atomic E-state index is 0.0398. The molecule has 0 heterocycles. The van der Waals surface area contributed by atoms with Gasteiger partial charge < -0.3 is 15.8 Å². The SMILES string of the molecule is NC(=O)OCCNC(=O)[C@@H]1C[C@H]1c1ccccc1F. The summed E-state index contributed by atoms with van der Waals surface area (Å²) in [6.45, 7) is 0.250. The molecule has 6 heteroatoms. The standard InChI is InChI=1S/C13H15FN2O3/c14-11-4-2-1-3-8(11)9-7-10(9)12(17)16-5-6-19-13(15)18/h1-4,9-10H,5-7H2,(H2,15,18)(H,16,17)/t9-,10+/m0/s1. The maximum Gasteiger partial charge on any atom is 0.404 e. The molecule has 5 nitrogen and oxygen atoms in total. The molecule has 3 N–H and O–H groups in total. The first-order valence-electron chi connectivity index (χ1n) is 6.04. The summed E-state index contributed by atoms with van der Waals surface area (Å²) in [6.07, 6.45) is -0.228. The first-order chi connectivity index (χ1) is 9.09. The molecular formula is C13H15FN2O3. The van der Waals surface area contributed by atoms with Crippen LogP contribution in [0.5, 0.6) is 0 Å². The van der Waals surface area contributed by atoms with Gasteiger partial charge in [0, 0.05) is 5.92 Å². The molecule has 2 amide bonds. The third-order valence-corrected chi connectivity index (χ3v) is 3.08. The zero-order valence-corrected chi connectivity index (χ0v) is 10.3. The van der Waals surface area contributed by atoms with Crippen LogP contribution < -0.4 is 11.1 Å². The van der Waals surface area contributed by atoms with Crippen molar-refractivity contribution in [1.82, 2.24) is 5.32 Å². The van der Waals surface area contributed by atoms with Gasteiger partial charge in [-0.05, 0) is 24.0 Å². The fourth-order valence-corrected chi connectivity index (χ4v) is 2.06. The maximum absolute atomic E-state index is 13.5.